The Morgan fingerprint density at radius 2 is 2.05 bits per heavy atom. The molecule has 2 saturated heterocycles. The summed E-state index contributed by atoms with van der Waals surface area (Å²) in [6.45, 7) is 1.77. The molecule has 0 radical (unpaired) electrons. The highest BCUT2D eigenvalue weighted by molar-refractivity contribution is 8.16. The van der Waals surface area contributed by atoms with E-state index in [0.29, 0.717) is 11.6 Å². The molecule has 1 aromatic rings. The molecule has 0 saturated carbocycles. The van der Waals surface area contributed by atoms with Crippen LogP contribution in [0.5, 0.6) is 0 Å². The van der Waals surface area contributed by atoms with Crippen molar-refractivity contribution in [3.05, 3.63) is 30.3 Å². The lowest BCUT2D eigenvalue weighted by atomic mass is 10.2. The predicted molar refractivity (Wildman–Crippen MR) is 85.5 cm³/mol. The Bertz CT molecular complexity index is 685. The zero-order valence-electron chi connectivity index (χ0n) is 11.6. The average Bonchev–Trinajstić information content (AvgIpc) is 2.90. The van der Waals surface area contributed by atoms with E-state index in [1.807, 2.05) is 35.2 Å². The summed E-state index contributed by atoms with van der Waals surface area (Å²) in [5, 5.41) is 0.580. The molecule has 112 valence electrons. The summed E-state index contributed by atoms with van der Waals surface area (Å²) in [5.41, 5.74) is 0.886. The molecule has 0 N–H and O–H groups in total. The van der Waals surface area contributed by atoms with Crippen LogP contribution in [-0.2, 0) is 14.6 Å². The summed E-state index contributed by atoms with van der Waals surface area (Å²) in [7, 11) is -3.01. The molecule has 1 aromatic carbocycles. The normalized spacial score (nSPS) is 28.8. The Hall–Kier alpha value is -1.34. The maximum absolute atomic E-state index is 11.9. The fourth-order valence-corrected chi connectivity index (χ4v) is 6.57. The van der Waals surface area contributed by atoms with Gasteiger partial charge in [-0.15, -0.1) is 0 Å². The van der Waals surface area contributed by atoms with Crippen LogP contribution in [0, 0.1) is 0 Å². The molecule has 5 nitrogen and oxygen atoms in total. The van der Waals surface area contributed by atoms with Crippen molar-refractivity contribution in [1.82, 2.24) is 0 Å². The number of sulfone groups is 1. The van der Waals surface area contributed by atoms with Gasteiger partial charge in [0.25, 0.3) is 0 Å². The maximum atomic E-state index is 11.9. The second-order valence-electron chi connectivity index (χ2n) is 5.15. The van der Waals surface area contributed by atoms with E-state index in [1.165, 1.54) is 11.8 Å². The molecule has 21 heavy (non-hydrogen) atoms. The summed E-state index contributed by atoms with van der Waals surface area (Å²) in [5.74, 6) is 0.102. The van der Waals surface area contributed by atoms with Crippen LogP contribution in [0.3, 0.4) is 0 Å². The Kier molecular flexibility index (Phi) is 3.79. The highest BCUT2D eigenvalue weighted by Gasteiger charge is 2.49. The van der Waals surface area contributed by atoms with Crippen molar-refractivity contribution in [2.24, 2.45) is 4.99 Å². The predicted octanol–water partition coefficient (Wildman–Crippen LogP) is 1.70. The quantitative estimate of drug-likeness (QED) is 0.828. The lowest BCUT2D eigenvalue weighted by molar-refractivity contribution is -0.117. The van der Waals surface area contributed by atoms with Gasteiger partial charge < -0.3 is 4.90 Å². The Labute approximate surface area is 128 Å². The molecule has 0 aromatic heterocycles. The molecule has 2 aliphatic heterocycles. The van der Waals surface area contributed by atoms with E-state index < -0.39 is 9.84 Å². The fraction of sp³-hybridized carbons (Fsp3) is 0.429. The summed E-state index contributed by atoms with van der Waals surface area (Å²) >= 11 is 1.41. The van der Waals surface area contributed by atoms with Gasteiger partial charge in [-0.1, -0.05) is 36.9 Å². The minimum Gasteiger partial charge on any atom is -0.316 e. The van der Waals surface area contributed by atoms with Gasteiger partial charge in [0, 0.05) is 17.4 Å². The van der Waals surface area contributed by atoms with Gasteiger partial charge >= 0.3 is 0 Å². The molecule has 0 unspecified atom stereocenters. The number of thioether (sulfide) groups is 1. The van der Waals surface area contributed by atoms with Crippen LogP contribution >= 0.6 is 11.8 Å². The number of hydrogen-bond donors (Lipinski definition) is 0. The van der Waals surface area contributed by atoms with Gasteiger partial charge in [0.15, 0.2) is 15.0 Å². The minimum atomic E-state index is -3.01. The molecule has 2 heterocycles. The van der Waals surface area contributed by atoms with E-state index in [2.05, 4.69) is 4.99 Å². The van der Waals surface area contributed by atoms with Gasteiger partial charge in [0.2, 0.25) is 5.91 Å². The van der Waals surface area contributed by atoms with Crippen molar-refractivity contribution in [2.75, 3.05) is 16.4 Å². The lowest BCUT2D eigenvalue weighted by Gasteiger charge is -2.24. The first-order valence-corrected chi connectivity index (χ1v) is 9.53. The van der Waals surface area contributed by atoms with Crippen molar-refractivity contribution in [1.29, 1.82) is 0 Å². The topological polar surface area (TPSA) is 66.8 Å². The van der Waals surface area contributed by atoms with Gasteiger partial charge in [0.05, 0.1) is 17.5 Å². The first-order chi connectivity index (χ1) is 10.00. The standard InChI is InChI=1S/C14H16N2O3S2/c1-2-13(17)15-14-16(10-6-4-3-5-7-10)11-8-21(18,19)9-12(11)20-14/h3-7,11-12H,2,8-9H2,1H3/t11-,12-/m0/s1. The van der Waals surface area contributed by atoms with Crippen molar-refractivity contribution in [2.45, 2.75) is 24.6 Å². The number of fused-ring (bicyclic) bond motifs is 1. The first-order valence-electron chi connectivity index (χ1n) is 6.83. The van der Waals surface area contributed by atoms with Gasteiger partial charge in [-0.2, -0.15) is 4.99 Å². The Morgan fingerprint density at radius 3 is 2.71 bits per heavy atom. The van der Waals surface area contributed by atoms with Crippen LogP contribution in [0.25, 0.3) is 0 Å². The molecule has 3 rings (SSSR count). The van der Waals surface area contributed by atoms with Crippen molar-refractivity contribution in [3.63, 3.8) is 0 Å². The third-order valence-electron chi connectivity index (χ3n) is 3.62. The monoisotopic (exact) mass is 324 g/mol. The van der Waals surface area contributed by atoms with E-state index >= 15 is 0 Å². The van der Waals surface area contributed by atoms with E-state index in [-0.39, 0.29) is 28.7 Å². The van der Waals surface area contributed by atoms with Crippen LogP contribution < -0.4 is 4.90 Å². The minimum absolute atomic E-state index is 0.0430. The lowest BCUT2D eigenvalue weighted by Crippen LogP contribution is -2.37. The van der Waals surface area contributed by atoms with Crippen molar-refractivity contribution in [3.8, 4) is 0 Å². The third-order valence-corrected chi connectivity index (χ3v) is 6.83. The first kappa shape index (κ1) is 14.6. The van der Waals surface area contributed by atoms with Crippen LogP contribution in [0.4, 0.5) is 5.69 Å². The summed E-state index contributed by atoms with van der Waals surface area (Å²) < 4.78 is 23.7. The van der Waals surface area contributed by atoms with Gasteiger partial charge in [-0.05, 0) is 12.1 Å². The number of carbonyl (C=O) groups is 1. The zero-order valence-corrected chi connectivity index (χ0v) is 13.2. The van der Waals surface area contributed by atoms with Crippen LogP contribution in [0.1, 0.15) is 13.3 Å². The number of para-hydroxylation sites is 1. The third kappa shape index (κ3) is 2.85. The molecule has 0 aliphatic carbocycles. The van der Waals surface area contributed by atoms with Crippen LogP contribution in [-0.4, -0.2) is 42.3 Å². The molecule has 2 atom stereocenters. The molecule has 2 fully saturated rings. The van der Waals surface area contributed by atoms with E-state index in [4.69, 9.17) is 0 Å². The number of carbonyl (C=O) groups excluding carboxylic acids is 1. The number of aliphatic imine (C=N–C) groups is 1. The number of nitrogens with zero attached hydrogens (tertiary/aromatic N) is 2. The van der Waals surface area contributed by atoms with Crippen molar-refractivity contribution >= 4 is 38.4 Å². The SMILES string of the molecule is CCC(=O)N=C1S[C@H]2CS(=O)(=O)C[C@@H]2N1c1ccccc1. The second-order valence-corrected chi connectivity index (χ2v) is 8.51. The fourth-order valence-electron chi connectivity index (χ4n) is 2.64. The molecule has 1 amide bonds. The van der Waals surface area contributed by atoms with Gasteiger partial charge in [-0.3, -0.25) is 4.79 Å². The Morgan fingerprint density at radius 1 is 1.33 bits per heavy atom. The van der Waals surface area contributed by atoms with E-state index in [9.17, 15) is 13.2 Å². The smallest absolute Gasteiger partial charge is 0.247 e. The number of hydrogen-bond acceptors (Lipinski definition) is 4. The van der Waals surface area contributed by atoms with Crippen molar-refractivity contribution < 1.29 is 13.2 Å². The molecule has 0 spiro atoms. The molecular formula is C14H16N2O3S2. The highest BCUT2D eigenvalue weighted by Crippen LogP contribution is 2.40. The average molecular weight is 324 g/mol. The van der Waals surface area contributed by atoms with Gasteiger partial charge in [-0.25, -0.2) is 8.42 Å². The van der Waals surface area contributed by atoms with Crippen LogP contribution in [0.2, 0.25) is 0 Å². The molecule has 7 heteroatoms. The van der Waals surface area contributed by atoms with Crippen LogP contribution in [0.15, 0.2) is 35.3 Å². The Balaban J connectivity index is 2.00. The molecular weight excluding hydrogens is 308 g/mol. The summed E-state index contributed by atoms with van der Waals surface area (Å²) in [6, 6.07) is 9.40. The van der Waals surface area contributed by atoms with Gasteiger partial charge in [0.1, 0.15) is 0 Å². The molecule has 2 aliphatic rings. The largest absolute Gasteiger partial charge is 0.316 e. The zero-order chi connectivity index (χ0) is 15.0. The summed E-state index contributed by atoms with van der Waals surface area (Å²) in [6.07, 6.45) is 0.348. The van der Waals surface area contributed by atoms with E-state index in [0.717, 1.165) is 5.69 Å². The number of amidine groups is 1. The number of anilines is 1. The highest BCUT2D eigenvalue weighted by atomic mass is 32.2. The second kappa shape index (κ2) is 5.46. The number of amides is 1. The molecule has 0 bridgehead atoms. The number of benzene rings is 1. The summed E-state index contributed by atoms with van der Waals surface area (Å²) in [4.78, 5) is 17.7. The van der Waals surface area contributed by atoms with E-state index in [1.54, 1.807) is 6.92 Å². The maximum Gasteiger partial charge on any atom is 0.247 e. The number of rotatable bonds is 2.